The van der Waals surface area contributed by atoms with Crippen LogP contribution < -0.4 is 0 Å². The van der Waals surface area contributed by atoms with Gasteiger partial charge in [-0.3, -0.25) is 9.78 Å². The van der Waals surface area contributed by atoms with Crippen LogP contribution in [0.25, 0.3) is 0 Å². The molecule has 0 bridgehead atoms. The van der Waals surface area contributed by atoms with E-state index in [9.17, 15) is 13.2 Å². The predicted octanol–water partition coefficient (Wildman–Crippen LogP) is 1.89. The zero-order chi connectivity index (χ0) is 18.2. The highest BCUT2D eigenvalue weighted by molar-refractivity contribution is 7.89. The SMILES string of the molecule is O=C1N(Cc2cccnc2)CC12CCN(S(=O)(=O)c1ccccc1)CC2. The standard InChI is InChI=1S/C19H21N3O3S/c23-18-19(15-21(18)14-16-5-4-10-20-13-16)8-11-22(12-9-19)26(24,25)17-6-2-1-3-7-17/h1-7,10,13H,8-9,11-12,14-15H2. The highest BCUT2D eigenvalue weighted by atomic mass is 32.2. The Morgan fingerprint density at radius 3 is 2.38 bits per heavy atom. The number of benzene rings is 1. The Labute approximate surface area is 153 Å². The summed E-state index contributed by atoms with van der Waals surface area (Å²) in [5.74, 6) is 0.137. The molecule has 7 heteroatoms. The molecule has 2 aliphatic heterocycles. The fraction of sp³-hybridized carbons (Fsp3) is 0.368. The second-order valence-corrected chi connectivity index (χ2v) is 8.96. The highest BCUT2D eigenvalue weighted by Gasteiger charge is 2.53. The lowest BCUT2D eigenvalue weighted by atomic mass is 9.71. The molecule has 0 saturated carbocycles. The Balaban J connectivity index is 1.39. The molecule has 2 aromatic rings. The molecule has 1 spiro atoms. The van der Waals surface area contributed by atoms with Crippen molar-refractivity contribution in [2.45, 2.75) is 24.3 Å². The van der Waals surface area contributed by atoms with Crippen LogP contribution in [0, 0.1) is 5.41 Å². The lowest BCUT2D eigenvalue weighted by Gasteiger charge is -2.52. The molecule has 2 aliphatic rings. The maximum atomic E-state index is 12.7. The van der Waals surface area contributed by atoms with Gasteiger partial charge in [-0.25, -0.2) is 8.42 Å². The van der Waals surface area contributed by atoms with Crippen LogP contribution in [0.2, 0.25) is 0 Å². The fourth-order valence-electron chi connectivity index (χ4n) is 3.86. The molecule has 4 rings (SSSR count). The minimum absolute atomic E-state index is 0.137. The van der Waals surface area contributed by atoms with Gasteiger partial charge in [0.25, 0.3) is 0 Å². The summed E-state index contributed by atoms with van der Waals surface area (Å²) in [7, 11) is -3.48. The van der Waals surface area contributed by atoms with Crippen LogP contribution in [0.4, 0.5) is 0 Å². The van der Waals surface area contributed by atoms with Crippen molar-refractivity contribution in [3.63, 3.8) is 0 Å². The Morgan fingerprint density at radius 1 is 1.04 bits per heavy atom. The van der Waals surface area contributed by atoms with Crippen molar-refractivity contribution < 1.29 is 13.2 Å². The summed E-state index contributed by atoms with van der Waals surface area (Å²) in [4.78, 5) is 18.9. The maximum Gasteiger partial charge on any atom is 0.243 e. The van der Waals surface area contributed by atoms with Crippen LogP contribution in [0.5, 0.6) is 0 Å². The normalized spacial score (nSPS) is 20.2. The number of rotatable bonds is 4. The molecule has 0 aliphatic carbocycles. The number of β-lactam (4-membered cyclic amide) rings is 1. The Morgan fingerprint density at radius 2 is 1.77 bits per heavy atom. The van der Waals surface area contributed by atoms with E-state index < -0.39 is 10.0 Å². The number of hydrogen-bond acceptors (Lipinski definition) is 4. The number of hydrogen-bond donors (Lipinski definition) is 0. The first-order chi connectivity index (χ1) is 12.5. The van der Waals surface area contributed by atoms with Crippen molar-refractivity contribution in [3.05, 3.63) is 60.4 Å². The number of piperidine rings is 1. The van der Waals surface area contributed by atoms with Crippen LogP contribution in [0.3, 0.4) is 0 Å². The van der Waals surface area contributed by atoms with Gasteiger partial charge in [0.1, 0.15) is 0 Å². The van der Waals surface area contributed by atoms with Crippen molar-refractivity contribution in [2.75, 3.05) is 19.6 Å². The first-order valence-corrected chi connectivity index (χ1v) is 10.2. The van der Waals surface area contributed by atoms with E-state index in [-0.39, 0.29) is 11.3 Å². The summed E-state index contributed by atoms with van der Waals surface area (Å²) in [5, 5.41) is 0. The number of carbonyl (C=O) groups is 1. The summed E-state index contributed by atoms with van der Waals surface area (Å²) >= 11 is 0. The zero-order valence-electron chi connectivity index (χ0n) is 14.4. The summed E-state index contributed by atoms with van der Waals surface area (Å²) in [6.45, 7) is 2.05. The van der Waals surface area contributed by atoms with Crippen LogP contribution in [0.1, 0.15) is 18.4 Å². The van der Waals surface area contributed by atoms with Crippen LogP contribution in [0.15, 0.2) is 59.8 Å². The number of likely N-dealkylation sites (tertiary alicyclic amines) is 1. The lowest BCUT2D eigenvalue weighted by molar-refractivity contribution is -0.165. The van der Waals surface area contributed by atoms with Crippen molar-refractivity contribution in [3.8, 4) is 0 Å². The summed E-state index contributed by atoms with van der Waals surface area (Å²) in [6, 6.07) is 12.3. The lowest BCUT2D eigenvalue weighted by Crippen LogP contribution is -2.64. The number of carbonyl (C=O) groups excluding carboxylic acids is 1. The van der Waals surface area contributed by atoms with Crippen molar-refractivity contribution >= 4 is 15.9 Å². The molecule has 6 nitrogen and oxygen atoms in total. The number of sulfonamides is 1. The smallest absolute Gasteiger partial charge is 0.243 e. The second kappa shape index (κ2) is 6.48. The summed E-state index contributed by atoms with van der Waals surface area (Å²) in [6.07, 6.45) is 4.65. The van der Waals surface area contributed by atoms with Gasteiger partial charge >= 0.3 is 0 Å². The van der Waals surface area contributed by atoms with E-state index in [0.29, 0.717) is 43.9 Å². The van der Waals surface area contributed by atoms with E-state index in [2.05, 4.69) is 4.98 Å². The third kappa shape index (κ3) is 2.91. The van der Waals surface area contributed by atoms with Crippen molar-refractivity contribution in [2.24, 2.45) is 5.41 Å². The molecule has 2 fully saturated rings. The van der Waals surface area contributed by atoms with E-state index in [4.69, 9.17) is 0 Å². The van der Waals surface area contributed by atoms with Gasteiger partial charge < -0.3 is 4.90 Å². The Kier molecular flexibility index (Phi) is 4.28. The monoisotopic (exact) mass is 371 g/mol. The van der Waals surface area contributed by atoms with Crippen LogP contribution in [-0.2, 0) is 21.4 Å². The van der Waals surface area contributed by atoms with Crippen molar-refractivity contribution in [1.82, 2.24) is 14.2 Å². The predicted molar refractivity (Wildman–Crippen MR) is 96.5 cm³/mol. The molecular formula is C19H21N3O3S. The van der Waals surface area contributed by atoms with E-state index in [1.807, 2.05) is 17.0 Å². The summed E-state index contributed by atoms with van der Waals surface area (Å²) in [5.41, 5.74) is 0.630. The van der Waals surface area contributed by atoms with Gasteiger partial charge in [0.05, 0.1) is 10.3 Å². The minimum Gasteiger partial charge on any atom is -0.337 e. The molecule has 2 saturated heterocycles. The van der Waals surface area contributed by atoms with Gasteiger partial charge in [-0.1, -0.05) is 24.3 Å². The minimum atomic E-state index is -3.48. The molecule has 1 aromatic carbocycles. The van der Waals surface area contributed by atoms with Gasteiger partial charge in [-0.15, -0.1) is 0 Å². The van der Waals surface area contributed by atoms with E-state index in [0.717, 1.165) is 5.56 Å². The molecule has 0 unspecified atom stereocenters. The molecule has 136 valence electrons. The summed E-state index contributed by atoms with van der Waals surface area (Å²) < 4.78 is 26.9. The molecule has 0 radical (unpaired) electrons. The van der Waals surface area contributed by atoms with Crippen LogP contribution >= 0.6 is 0 Å². The molecule has 0 N–H and O–H groups in total. The quantitative estimate of drug-likeness (QED) is 0.770. The second-order valence-electron chi connectivity index (χ2n) is 7.02. The number of amides is 1. The Hall–Kier alpha value is -2.25. The van der Waals surface area contributed by atoms with Crippen LogP contribution in [-0.4, -0.2) is 48.1 Å². The van der Waals surface area contributed by atoms with Gasteiger partial charge in [0.15, 0.2) is 0 Å². The average Bonchev–Trinajstić information content (AvgIpc) is 2.69. The molecule has 0 atom stereocenters. The first-order valence-electron chi connectivity index (χ1n) is 8.75. The van der Waals surface area contributed by atoms with E-state index in [1.54, 1.807) is 42.7 Å². The number of nitrogens with zero attached hydrogens (tertiary/aromatic N) is 3. The third-order valence-corrected chi connectivity index (χ3v) is 7.30. The van der Waals surface area contributed by atoms with E-state index in [1.165, 1.54) is 4.31 Å². The number of aromatic nitrogens is 1. The van der Waals surface area contributed by atoms with Gasteiger partial charge in [0, 0.05) is 38.6 Å². The zero-order valence-corrected chi connectivity index (χ0v) is 15.2. The Bertz CT molecular complexity index is 892. The largest absolute Gasteiger partial charge is 0.337 e. The first kappa shape index (κ1) is 17.2. The molecular weight excluding hydrogens is 350 g/mol. The maximum absolute atomic E-state index is 12.7. The highest BCUT2D eigenvalue weighted by Crippen LogP contribution is 2.43. The molecule has 3 heterocycles. The van der Waals surface area contributed by atoms with E-state index >= 15 is 0 Å². The third-order valence-electron chi connectivity index (χ3n) is 5.39. The average molecular weight is 371 g/mol. The van der Waals surface area contributed by atoms with Gasteiger partial charge in [-0.05, 0) is 36.6 Å². The molecule has 1 amide bonds. The van der Waals surface area contributed by atoms with Gasteiger partial charge in [0.2, 0.25) is 15.9 Å². The van der Waals surface area contributed by atoms with Crippen molar-refractivity contribution in [1.29, 1.82) is 0 Å². The fourth-order valence-corrected chi connectivity index (χ4v) is 5.32. The molecule has 26 heavy (non-hydrogen) atoms. The van der Waals surface area contributed by atoms with Gasteiger partial charge in [-0.2, -0.15) is 4.31 Å². The molecule has 1 aromatic heterocycles. The topological polar surface area (TPSA) is 70.6 Å². The number of pyridine rings is 1.